The van der Waals surface area contributed by atoms with Crippen LogP contribution < -0.4 is 0 Å². The number of hydrogen-bond acceptors (Lipinski definition) is 15. The summed E-state index contributed by atoms with van der Waals surface area (Å²) in [5.74, 6) is -0.0176. The van der Waals surface area contributed by atoms with Crippen molar-refractivity contribution in [2.45, 2.75) is 336 Å². The number of carbonyl (C=O) groups is 4. The Labute approximate surface area is 511 Å². The fourth-order valence-corrected chi connectivity index (χ4v) is 11.2. The van der Waals surface area contributed by atoms with Crippen LogP contribution in [-0.2, 0) is 65.4 Å². The Morgan fingerprint density at radius 2 is 0.548 bits per heavy atom. The normalized spacial score (nSPS) is 14.3. The largest absolute Gasteiger partial charge is 0.472 e. The molecule has 0 aromatic heterocycles. The summed E-state index contributed by atoms with van der Waals surface area (Å²) in [6.45, 7) is 11.6. The van der Waals surface area contributed by atoms with Crippen molar-refractivity contribution in [2.24, 2.45) is 17.8 Å². The van der Waals surface area contributed by atoms with E-state index >= 15 is 0 Å². The third-order valence-electron chi connectivity index (χ3n) is 14.9. The number of ether oxygens (including phenoxy) is 4. The first-order chi connectivity index (χ1) is 40.2. The highest BCUT2D eigenvalue weighted by molar-refractivity contribution is 7.47. The van der Waals surface area contributed by atoms with Gasteiger partial charge >= 0.3 is 39.5 Å². The average molecular weight is 1240 g/mol. The predicted octanol–water partition coefficient (Wildman–Crippen LogP) is 17.9. The lowest BCUT2D eigenvalue weighted by Gasteiger charge is -2.21. The second-order valence-electron chi connectivity index (χ2n) is 24.9. The van der Waals surface area contributed by atoms with Gasteiger partial charge in [0.2, 0.25) is 0 Å². The SMILES string of the molecule is CCCCCCCCCCCCCCCC(=O)O[C@H](COC(=O)CCCCCCCCCCCC(C)C)COP(=O)(O)OC[C@@H](O)COP(=O)(O)OC[C@@H](COC(=O)CCCCCCCCC(C)C)OC(=O)CCCCCCCCCC(C)C. The lowest BCUT2D eigenvalue weighted by Crippen LogP contribution is -2.30. The molecule has 0 rings (SSSR count). The van der Waals surface area contributed by atoms with Crippen molar-refractivity contribution in [1.29, 1.82) is 0 Å². The summed E-state index contributed by atoms with van der Waals surface area (Å²) < 4.78 is 68.0. The highest BCUT2D eigenvalue weighted by Crippen LogP contribution is 2.45. The van der Waals surface area contributed by atoms with Gasteiger partial charge in [-0.3, -0.25) is 37.3 Å². The number of esters is 4. The van der Waals surface area contributed by atoms with Crippen molar-refractivity contribution >= 4 is 39.5 Å². The van der Waals surface area contributed by atoms with Gasteiger partial charge in [-0.2, -0.15) is 0 Å². The highest BCUT2D eigenvalue weighted by atomic mass is 31.2. The van der Waals surface area contributed by atoms with Crippen molar-refractivity contribution in [3.05, 3.63) is 0 Å². The number of aliphatic hydroxyl groups is 1. The molecule has 0 radical (unpaired) electrons. The zero-order valence-electron chi connectivity index (χ0n) is 54.4. The van der Waals surface area contributed by atoms with Gasteiger partial charge in [0.1, 0.15) is 19.3 Å². The minimum absolute atomic E-state index is 0.102. The Morgan fingerprint density at radius 1 is 0.321 bits per heavy atom. The Balaban J connectivity index is 5.25. The molecule has 84 heavy (non-hydrogen) atoms. The number of unbranched alkanes of at least 4 members (excludes halogenated alkanes) is 31. The van der Waals surface area contributed by atoms with E-state index in [4.69, 9.17) is 37.0 Å². The second-order valence-corrected chi connectivity index (χ2v) is 27.8. The fraction of sp³-hybridized carbons (Fsp3) is 0.938. The van der Waals surface area contributed by atoms with Crippen molar-refractivity contribution in [2.75, 3.05) is 39.6 Å². The van der Waals surface area contributed by atoms with Gasteiger partial charge in [0, 0.05) is 25.7 Å². The van der Waals surface area contributed by atoms with E-state index in [0.717, 1.165) is 102 Å². The maximum absolute atomic E-state index is 13.0. The molecule has 5 atom stereocenters. The quantitative estimate of drug-likeness (QED) is 0.0222. The van der Waals surface area contributed by atoms with Gasteiger partial charge in [0.25, 0.3) is 0 Å². The van der Waals surface area contributed by atoms with Crippen LogP contribution >= 0.6 is 15.6 Å². The van der Waals surface area contributed by atoms with Crippen LogP contribution in [0.5, 0.6) is 0 Å². The molecule has 0 saturated carbocycles. The number of aliphatic hydroxyl groups excluding tert-OH is 1. The summed E-state index contributed by atoms with van der Waals surface area (Å²) >= 11 is 0. The van der Waals surface area contributed by atoms with Crippen LogP contribution in [0.1, 0.15) is 318 Å². The van der Waals surface area contributed by atoms with Gasteiger partial charge in [-0.25, -0.2) is 9.13 Å². The summed E-state index contributed by atoms with van der Waals surface area (Å²) in [5, 5.41) is 10.5. The van der Waals surface area contributed by atoms with Crippen LogP contribution in [0.15, 0.2) is 0 Å². The molecule has 0 saturated heterocycles. The standard InChI is InChI=1S/C65H126O17P2/c1-8-9-10-11-12-13-14-15-16-19-25-34-41-48-64(69)81-60(52-75-62(67)46-39-32-24-20-17-18-22-29-36-43-56(2)3)54-79-83(71,72)77-50-59(66)51-78-84(73,74)80-55-61(53-76-63(68)47-40-33-28-27-31-38-45-58(6)7)82-65(70)49-42-35-26-21-23-30-37-44-57(4)5/h56-61,66H,8-55H2,1-7H3,(H,71,72)(H,73,74)/t59-,60-,61-/m1/s1. The maximum Gasteiger partial charge on any atom is 0.472 e. The number of carbonyl (C=O) groups excluding carboxylic acids is 4. The van der Waals surface area contributed by atoms with Gasteiger partial charge in [-0.15, -0.1) is 0 Å². The van der Waals surface area contributed by atoms with E-state index < -0.39 is 97.5 Å². The molecule has 0 aromatic carbocycles. The molecule has 17 nitrogen and oxygen atoms in total. The molecule has 19 heteroatoms. The molecule has 3 N–H and O–H groups in total. The molecular weight excluding hydrogens is 1110 g/mol. The number of phosphoric ester groups is 2. The average Bonchev–Trinajstić information content (AvgIpc) is 3.44. The Morgan fingerprint density at radius 3 is 0.810 bits per heavy atom. The summed E-state index contributed by atoms with van der Waals surface area (Å²) in [7, 11) is -9.89. The molecular formula is C65H126O17P2. The molecule has 0 aliphatic carbocycles. The van der Waals surface area contributed by atoms with Crippen molar-refractivity contribution in [1.82, 2.24) is 0 Å². The van der Waals surface area contributed by atoms with Crippen LogP contribution in [0.3, 0.4) is 0 Å². The van der Waals surface area contributed by atoms with Crippen molar-refractivity contribution in [3.63, 3.8) is 0 Å². The van der Waals surface area contributed by atoms with Crippen molar-refractivity contribution in [3.8, 4) is 0 Å². The zero-order chi connectivity index (χ0) is 62.4. The van der Waals surface area contributed by atoms with Crippen LogP contribution in [0.4, 0.5) is 0 Å². The summed E-state index contributed by atoms with van der Waals surface area (Å²) in [4.78, 5) is 72.2. The first-order valence-electron chi connectivity index (χ1n) is 33.8. The second kappa shape index (κ2) is 56.3. The van der Waals surface area contributed by atoms with Crippen LogP contribution in [-0.4, -0.2) is 96.7 Å². The molecule has 0 aromatic rings. The lowest BCUT2D eigenvalue weighted by molar-refractivity contribution is -0.161. The first-order valence-corrected chi connectivity index (χ1v) is 36.8. The van der Waals surface area contributed by atoms with E-state index in [9.17, 15) is 43.2 Å². The number of phosphoric acid groups is 2. The molecule has 0 bridgehead atoms. The minimum Gasteiger partial charge on any atom is -0.462 e. The molecule has 0 spiro atoms. The van der Waals surface area contributed by atoms with E-state index in [-0.39, 0.29) is 25.7 Å². The van der Waals surface area contributed by atoms with Gasteiger partial charge in [-0.1, -0.05) is 267 Å². The smallest absolute Gasteiger partial charge is 0.462 e. The Hall–Kier alpha value is -1.94. The fourth-order valence-electron chi connectivity index (χ4n) is 9.66. The maximum atomic E-state index is 13.0. The number of rotatable bonds is 63. The molecule has 0 heterocycles. The number of hydrogen-bond donors (Lipinski definition) is 3. The van der Waals surface area contributed by atoms with E-state index in [1.807, 2.05) is 0 Å². The molecule has 0 amide bonds. The van der Waals surface area contributed by atoms with E-state index in [1.165, 1.54) is 122 Å². The van der Waals surface area contributed by atoms with Gasteiger partial charge in [0.15, 0.2) is 12.2 Å². The highest BCUT2D eigenvalue weighted by Gasteiger charge is 2.30. The molecule has 0 fully saturated rings. The summed E-state index contributed by atoms with van der Waals surface area (Å²) in [5.41, 5.74) is 0. The first kappa shape index (κ1) is 82.1. The molecule has 498 valence electrons. The summed E-state index contributed by atoms with van der Waals surface area (Å²) in [6, 6.07) is 0. The van der Waals surface area contributed by atoms with Crippen LogP contribution in [0.2, 0.25) is 0 Å². The third-order valence-corrected chi connectivity index (χ3v) is 16.8. The van der Waals surface area contributed by atoms with Crippen LogP contribution in [0, 0.1) is 17.8 Å². The molecule has 2 unspecified atom stereocenters. The third kappa shape index (κ3) is 59.0. The summed E-state index contributed by atoms with van der Waals surface area (Å²) in [6.07, 6.45) is 37.8. The Bertz CT molecular complexity index is 1660. The zero-order valence-corrected chi connectivity index (χ0v) is 56.1. The topological polar surface area (TPSA) is 237 Å². The monoisotopic (exact) mass is 1240 g/mol. The Kier molecular flexibility index (Phi) is 55.0. The molecule has 0 aliphatic rings. The van der Waals surface area contributed by atoms with E-state index in [2.05, 4.69) is 48.5 Å². The lowest BCUT2D eigenvalue weighted by atomic mass is 10.0. The van der Waals surface area contributed by atoms with Gasteiger partial charge < -0.3 is 33.8 Å². The van der Waals surface area contributed by atoms with E-state index in [0.29, 0.717) is 37.5 Å². The predicted molar refractivity (Wildman–Crippen MR) is 335 cm³/mol. The van der Waals surface area contributed by atoms with Crippen LogP contribution in [0.25, 0.3) is 0 Å². The van der Waals surface area contributed by atoms with Gasteiger partial charge in [-0.05, 0) is 43.4 Å². The van der Waals surface area contributed by atoms with Crippen molar-refractivity contribution < 1.29 is 80.2 Å². The van der Waals surface area contributed by atoms with Gasteiger partial charge in [0.05, 0.1) is 26.4 Å². The minimum atomic E-state index is -4.95. The van der Waals surface area contributed by atoms with E-state index in [1.54, 1.807) is 0 Å². The molecule has 0 aliphatic heterocycles.